The second-order valence-electron chi connectivity index (χ2n) is 8.81. The predicted molar refractivity (Wildman–Crippen MR) is 126 cm³/mol. The number of thiophene rings is 1. The van der Waals surface area contributed by atoms with E-state index < -0.39 is 17.8 Å². The van der Waals surface area contributed by atoms with Crippen molar-refractivity contribution in [3.8, 4) is 17.3 Å². The monoisotopic (exact) mass is 495 g/mol. The number of alkyl halides is 3. The maximum absolute atomic E-state index is 13.9. The van der Waals surface area contributed by atoms with Crippen LogP contribution >= 0.6 is 11.3 Å². The number of anilines is 1. The molecule has 0 saturated carbocycles. The molecule has 178 valence electrons. The number of aromatic nitrogens is 3. The molecule has 35 heavy (non-hydrogen) atoms. The maximum atomic E-state index is 13.9. The average Bonchev–Trinajstić information content (AvgIpc) is 3.38. The second-order valence-corrected chi connectivity index (χ2v) is 9.91. The van der Waals surface area contributed by atoms with Gasteiger partial charge in [0.1, 0.15) is 16.6 Å². The molecule has 1 amide bonds. The van der Waals surface area contributed by atoms with Crippen LogP contribution in [-0.2, 0) is 19.0 Å². The van der Waals surface area contributed by atoms with Gasteiger partial charge in [-0.2, -0.15) is 23.5 Å². The summed E-state index contributed by atoms with van der Waals surface area (Å²) in [6, 6.07) is 10.0. The van der Waals surface area contributed by atoms with E-state index in [1.807, 2.05) is 6.92 Å². The van der Waals surface area contributed by atoms with Crippen molar-refractivity contribution in [1.29, 1.82) is 5.26 Å². The van der Waals surface area contributed by atoms with Crippen LogP contribution in [0.3, 0.4) is 0 Å². The van der Waals surface area contributed by atoms with Crippen molar-refractivity contribution in [1.82, 2.24) is 14.6 Å². The minimum atomic E-state index is -4.71. The highest BCUT2D eigenvalue weighted by molar-refractivity contribution is 7.16. The molecule has 0 saturated heterocycles. The van der Waals surface area contributed by atoms with Crippen LogP contribution in [0.2, 0.25) is 0 Å². The van der Waals surface area contributed by atoms with Crippen molar-refractivity contribution in [2.75, 3.05) is 5.32 Å². The molecule has 1 aliphatic carbocycles. The standard InChI is InChI=1S/C25H20F3N5OS/c1-13-3-6-15(7-4-13)19-10-21(25(26,27)28)33-22(31-19)18(12-30-33)23(34)32-24-17(11-29)16-8-5-14(2)9-20(16)35-24/h3-4,6-7,10,12,14H,5,8-9H2,1-2H3,(H,32,34)/t14-/m0/s1. The highest BCUT2D eigenvalue weighted by Crippen LogP contribution is 2.39. The Labute approximate surface area is 203 Å². The molecule has 1 aromatic carbocycles. The van der Waals surface area contributed by atoms with Crippen molar-refractivity contribution >= 4 is 27.9 Å². The van der Waals surface area contributed by atoms with Crippen molar-refractivity contribution in [2.24, 2.45) is 5.92 Å². The fraction of sp³-hybridized carbons (Fsp3) is 0.280. The van der Waals surface area contributed by atoms with Gasteiger partial charge in [0.2, 0.25) is 0 Å². The molecular formula is C25H20F3N5OS. The Morgan fingerprint density at radius 3 is 2.71 bits per heavy atom. The van der Waals surface area contributed by atoms with Gasteiger partial charge in [0.25, 0.3) is 5.91 Å². The summed E-state index contributed by atoms with van der Waals surface area (Å²) >= 11 is 1.35. The molecule has 0 unspecified atom stereocenters. The first kappa shape index (κ1) is 23.1. The molecule has 1 N–H and O–H groups in total. The van der Waals surface area contributed by atoms with Gasteiger partial charge < -0.3 is 5.32 Å². The summed E-state index contributed by atoms with van der Waals surface area (Å²) in [5, 5.41) is 16.7. The minimum Gasteiger partial charge on any atom is -0.312 e. The third-order valence-corrected chi connectivity index (χ3v) is 7.37. The SMILES string of the molecule is Cc1ccc(-c2cc(C(F)(F)F)n3ncc(C(=O)Nc4sc5c(c4C#N)CC[C@H](C)C5)c3n2)cc1. The van der Waals surface area contributed by atoms with Crippen LogP contribution in [0, 0.1) is 24.2 Å². The van der Waals surface area contributed by atoms with Gasteiger partial charge in [0, 0.05) is 10.4 Å². The van der Waals surface area contributed by atoms with E-state index in [0.717, 1.165) is 47.5 Å². The Balaban J connectivity index is 1.58. The van der Waals surface area contributed by atoms with E-state index in [2.05, 4.69) is 28.4 Å². The number of carbonyl (C=O) groups is 1. The summed E-state index contributed by atoms with van der Waals surface area (Å²) in [4.78, 5) is 18.6. The number of hydrogen-bond donors (Lipinski definition) is 1. The number of nitriles is 1. The van der Waals surface area contributed by atoms with E-state index in [4.69, 9.17) is 0 Å². The molecule has 1 atom stereocenters. The van der Waals surface area contributed by atoms with Gasteiger partial charge >= 0.3 is 6.18 Å². The summed E-state index contributed by atoms with van der Waals surface area (Å²) in [5.74, 6) is -0.175. The Morgan fingerprint density at radius 2 is 2.03 bits per heavy atom. The Kier molecular flexibility index (Phi) is 5.60. The summed E-state index contributed by atoms with van der Waals surface area (Å²) in [5.41, 5.74) is 1.55. The second kappa shape index (κ2) is 8.50. The van der Waals surface area contributed by atoms with Gasteiger partial charge in [-0.05, 0) is 43.7 Å². The Morgan fingerprint density at radius 1 is 1.29 bits per heavy atom. The lowest BCUT2D eigenvalue weighted by Crippen LogP contribution is -2.16. The molecule has 3 heterocycles. The van der Waals surface area contributed by atoms with E-state index in [-0.39, 0.29) is 16.9 Å². The van der Waals surface area contributed by atoms with Crippen LogP contribution in [0.15, 0.2) is 36.5 Å². The van der Waals surface area contributed by atoms with Gasteiger partial charge in [-0.15, -0.1) is 11.3 Å². The predicted octanol–water partition coefficient (Wildman–Crippen LogP) is 6.03. The molecule has 0 spiro atoms. The van der Waals surface area contributed by atoms with Gasteiger partial charge in [-0.25, -0.2) is 9.50 Å². The minimum absolute atomic E-state index is 0.0812. The molecule has 0 aliphatic heterocycles. The number of nitrogens with one attached hydrogen (secondary N) is 1. The molecule has 0 bridgehead atoms. The first-order valence-corrected chi connectivity index (χ1v) is 11.9. The fourth-order valence-electron chi connectivity index (χ4n) is 4.32. The maximum Gasteiger partial charge on any atom is 0.433 e. The molecule has 0 fully saturated rings. The van der Waals surface area contributed by atoms with Crippen molar-refractivity contribution < 1.29 is 18.0 Å². The average molecular weight is 496 g/mol. The molecule has 6 nitrogen and oxygen atoms in total. The molecule has 4 aromatic rings. The van der Waals surface area contributed by atoms with E-state index in [9.17, 15) is 23.2 Å². The number of fused-ring (bicyclic) bond motifs is 2. The zero-order valence-electron chi connectivity index (χ0n) is 18.9. The molecule has 0 radical (unpaired) electrons. The topological polar surface area (TPSA) is 83.1 Å². The fourth-order valence-corrected chi connectivity index (χ4v) is 5.68. The molecule has 3 aromatic heterocycles. The molecular weight excluding hydrogens is 475 g/mol. The smallest absolute Gasteiger partial charge is 0.312 e. The molecule has 10 heteroatoms. The largest absolute Gasteiger partial charge is 0.433 e. The number of hydrogen-bond acceptors (Lipinski definition) is 5. The van der Waals surface area contributed by atoms with Crippen LogP contribution in [0.5, 0.6) is 0 Å². The van der Waals surface area contributed by atoms with E-state index in [0.29, 0.717) is 26.6 Å². The number of nitrogens with zero attached hydrogens (tertiary/aromatic N) is 4. The van der Waals surface area contributed by atoms with Crippen LogP contribution in [-0.4, -0.2) is 20.5 Å². The zero-order chi connectivity index (χ0) is 24.9. The van der Waals surface area contributed by atoms with Crippen LogP contribution in [0.4, 0.5) is 18.2 Å². The number of benzene rings is 1. The van der Waals surface area contributed by atoms with Crippen molar-refractivity contribution in [2.45, 2.75) is 39.3 Å². The lowest BCUT2D eigenvalue weighted by molar-refractivity contribution is -0.142. The molecule has 1 aliphatic rings. The summed E-state index contributed by atoms with van der Waals surface area (Å²) in [6.45, 7) is 4.01. The third-order valence-electron chi connectivity index (χ3n) is 6.20. The van der Waals surface area contributed by atoms with Crippen LogP contribution in [0.25, 0.3) is 16.9 Å². The van der Waals surface area contributed by atoms with Gasteiger partial charge in [-0.1, -0.05) is 36.8 Å². The van der Waals surface area contributed by atoms with E-state index in [1.54, 1.807) is 24.3 Å². The number of rotatable bonds is 3. The highest BCUT2D eigenvalue weighted by Gasteiger charge is 2.36. The summed E-state index contributed by atoms with van der Waals surface area (Å²) in [7, 11) is 0. The number of carbonyl (C=O) groups excluding carboxylic acids is 1. The lowest BCUT2D eigenvalue weighted by Gasteiger charge is -2.17. The van der Waals surface area contributed by atoms with Crippen molar-refractivity contribution in [3.05, 3.63) is 69.4 Å². The Hall–Kier alpha value is -3.71. The summed E-state index contributed by atoms with van der Waals surface area (Å²) in [6.07, 6.45) is -1.08. The van der Waals surface area contributed by atoms with Crippen LogP contribution in [0.1, 0.15) is 51.0 Å². The van der Waals surface area contributed by atoms with E-state index in [1.165, 1.54) is 11.3 Å². The highest BCUT2D eigenvalue weighted by atomic mass is 32.1. The third kappa shape index (κ3) is 4.17. The summed E-state index contributed by atoms with van der Waals surface area (Å²) < 4.78 is 42.3. The van der Waals surface area contributed by atoms with Gasteiger partial charge in [0.05, 0.1) is 17.5 Å². The lowest BCUT2D eigenvalue weighted by atomic mass is 9.88. The van der Waals surface area contributed by atoms with E-state index >= 15 is 0 Å². The number of amides is 1. The normalized spacial score (nSPS) is 15.6. The Bertz CT molecular complexity index is 1490. The number of aryl methyl sites for hydroxylation is 1. The zero-order valence-corrected chi connectivity index (χ0v) is 19.7. The van der Waals surface area contributed by atoms with Gasteiger partial charge in [0.15, 0.2) is 11.3 Å². The molecule has 5 rings (SSSR count). The first-order chi connectivity index (χ1) is 16.7. The first-order valence-electron chi connectivity index (χ1n) is 11.0. The van der Waals surface area contributed by atoms with Crippen molar-refractivity contribution in [3.63, 3.8) is 0 Å². The number of halogens is 3. The quantitative estimate of drug-likeness (QED) is 0.376. The van der Waals surface area contributed by atoms with Crippen LogP contribution < -0.4 is 5.32 Å². The van der Waals surface area contributed by atoms with Gasteiger partial charge in [-0.3, -0.25) is 4.79 Å².